The molecule has 0 aliphatic heterocycles. The molecule has 28 heavy (non-hydrogen) atoms. The Morgan fingerprint density at radius 2 is 1.82 bits per heavy atom. The summed E-state index contributed by atoms with van der Waals surface area (Å²) in [7, 11) is 0. The molecule has 0 saturated heterocycles. The number of aromatic nitrogens is 2. The molecule has 5 nitrogen and oxygen atoms in total. The van der Waals surface area contributed by atoms with Crippen LogP contribution in [0.1, 0.15) is 47.8 Å². The van der Waals surface area contributed by atoms with E-state index in [1.807, 2.05) is 52.8 Å². The predicted octanol–water partition coefficient (Wildman–Crippen LogP) is 5.02. The normalized spacial score (nSPS) is 12.4. The van der Waals surface area contributed by atoms with Crippen LogP contribution in [0.25, 0.3) is 15.8 Å². The first-order valence-electron chi connectivity index (χ1n) is 8.96. The monoisotopic (exact) mass is 390 g/mol. The van der Waals surface area contributed by atoms with Crippen molar-refractivity contribution in [2.45, 2.75) is 34.6 Å². The number of nitriles is 1. The first-order chi connectivity index (χ1) is 13.2. The van der Waals surface area contributed by atoms with Crippen molar-refractivity contribution < 1.29 is 4.79 Å². The maximum absolute atomic E-state index is 13.1. The summed E-state index contributed by atoms with van der Waals surface area (Å²) in [6, 6.07) is 13.7. The number of hydrogen-bond acceptors (Lipinski definition) is 5. The minimum atomic E-state index is -0.432. The number of allylic oxidation sites excluding steroid dienone is 2. The van der Waals surface area contributed by atoms with Crippen molar-refractivity contribution in [2.24, 2.45) is 5.41 Å². The SMILES string of the molecule is Cc1cc(C)cc(/C(C#N)=C(\NC(=O)c2cccc3nnsc23)C(C)(C)C)c1. The fraction of sp³-hybridized carbons (Fsp3) is 0.273. The van der Waals surface area contributed by atoms with E-state index in [1.165, 1.54) is 11.5 Å². The largest absolute Gasteiger partial charge is 0.324 e. The van der Waals surface area contributed by atoms with Gasteiger partial charge in [-0.25, -0.2) is 0 Å². The lowest BCUT2D eigenvalue weighted by Gasteiger charge is -2.26. The average Bonchev–Trinajstić information content (AvgIpc) is 3.08. The lowest BCUT2D eigenvalue weighted by Crippen LogP contribution is -2.31. The highest BCUT2D eigenvalue weighted by atomic mass is 32.1. The second kappa shape index (κ2) is 7.53. The Balaban J connectivity index is 2.12. The molecule has 0 unspecified atom stereocenters. The quantitative estimate of drug-likeness (QED) is 0.637. The molecular weight excluding hydrogens is 368 g/mol. The zero-order chi connectivity index (χ0) is 20.5. The molecular formula is C22H22N4OS. The minimum Gasteiger partial charge on any atom is -0.324 e. The molecule has 2 aromatic carbocycles. The summed E-state index contributed by atoms with van der Waals surface area (Å²) < 4.78 is 4.67. The lowest BCUT2D eigenvalue weighted by molar-refractivity contribution is 0.0960. The molecule has 0 spiro atoms. The van der Waals surface area contributed by atoms with Gasteiger partial charge in [-0.1, -0.05) is 60.7 Å². The van der Waals surface area contributed by atoms with Crippen LogP contribution in [-0.2, 0) is 0 Å². The fourth-order valence-corrected chi connectivity index (χ4v) is 3.85. The number of hydrogen-bond donors (Lipinski definition) is 1. The zero-order valence-corrected chi connectivity index (χ0v) is 17.4. The Morgan fingerprint density at radius 3 is 2.43 bits per heavy atom. The summed E-state index contributed by atoms with van der Waals surface area (Å²) in [6.07, 6.45) is 0. The van der Waals surface area contributed by atoms with Crippen LogP contribution in [-0.4, -0.2) is 15.5 Å². The highest BCUT2D eigenvalue weighted by Gasteiger charge is 2.26. The van der Waals surface area contributed by atoms with Crippen molar-refractivity contribution in [1.29, 1.82) is 5.26 Å². The number of aryl methyl sites for hydroxylation is 2. The number of rotatable bonds is 3. The highest BCUT2D eigenvalue weighted by molar-refractivity contribution is 7.13. The molecule has 0 fully saturated rings. The van der Waals surface area contributed by atoms with Gasteiger partial charge < -0.3 is 5.32 Å². The minimum absolute atomic E-state index is 0.265. The van der Waals surface area contributed by atoms with Crippen molar-refractivity contribution in [3.05, 3.63) is 64.3 Å². The third-order valence-corrected chi connectivity index (χ3v) is 5.16. The van der Waals surface area contributed by atoms with Gasteiger partial charge in [-0.05, 0) is 43.1 Å². The summed E-state index contributed by atoms with van der Waals surface area (Å²) in [5.74, 6) is -0.265. The Labute approximate surface area is 168 Å². The number of amides is 1. The van der Waals surface area contributed by atoms with Gasteiger partial charge in [-0.2, -0.15) is 5.26 Å². The van der Waals surface area contributed by atoms with Crippen LogP contribution in [0, 0.1) is 30.6 Å². The summed E-state index contributed by atoms with van der Waals surface area (Å²) in [4.78, 5) is 13.1. The Bertz CT molecular complexity index is 1110. The maximum atomic E-state index is 13.1. The van der Waals surface area contributed by atoms with Gasteiger partial charge in [0, 0.05) is 11.1 Å². The molecule has 1 N–H and O–H groups in total. The van der Waals surface area contributed by atoms with Crippen molar-refractivity contribution in [1.82, 2.24) is 14.9 Å². The van der Waals surface area contributed by atoms with E-state index in [0.717, 1.165) is 21.4 Å². The van der Waals surface area contributed by atoms with E-state index < -0.39 is 5.41 Å². The van der Waals surface area contributed by atoms with Crippen molar-refractivity contribution >= 4 is 33.2 Å². The molecule has 1 amide bonds. The zero-order valence-electron chi connectivity index (χ0n) is 16.6. The van der Waals surface area contributed by atoms with Gasteiger partial charge >= 0.3 is 0 Å². The number of benzene rings is 2. The van der Waals surface area contributed by atoms with E-state index in [9.17, 15) is 10.1 Å². The average molecular weight is 391 g/mol. The highest BCUT2D eigenvalue weighted by Crippen LogP contribution is 2.32. The second-order valence-electron chi connectivity index (χ2n) is 7.87. The Kier molecular flexibility index (Phi) is 5.30. The summed E-state index contributed by atoms with van der Waals surface area (Å²) in [6.45, 7) is 9.95. The van der Waals surface area contributed by atoms with Crippen molar-refractivity contribution in [3.63, 3.8) is 0 Å². The summed E-state index contributed by atoms with van der Waals surface area (Å²) in [5.41, 5.74) is 4.79. The van der Waals surface area contributed by atoms with Crippen LogP contribution in [0.5, 0.6) is 0 Å². The van der Waals surface area contributed by atoms with Crippen molar-refractivity contribution in [2.75, 3.05) is 0 Å². The van der Waals surface area contributed by atoms with Gasteiger partial charge in [0.15, 0.2) is 0 Å². The van der Waals surface area contributed by atoms with Crippen LogP contribution < -0.4 is 5.32 Å². The molecule has 3 rings (SSSR count). The van der Waals surface area contributed by atoms with Gasteiger partial charge in [0.25, 0.3) is 5.91 Å². The third-order valence-electron chi connectivity index (χ3n) is 4.38. The molecule has 6 heteroatoms. The summed E-state index contributed by atoms with van der Waals surface area (Å²) >= 11 is 1.19. The molecule has 142 valence electrons. The Morgan fingerprint density at radius 1 is 1.14 bits per heavy atom. The smallest absolute Gasteiger partial charge is 0.257 e. The molecule has 3 aromatic rings. The van der Waals surface area contributed by atoms with Crippen LogP contribution in [0.3, 0.4) is 0 Å². The van der Waals surface area contributed by atoms with Gasteiger partial charge in [0.05, 0.1) is 15.8 Å². The number of nitrogens with zero attached hydrogens (tertiary/aromatic N) is 3. The van der Waals surface area contributed by atoms with Crippen LogP contribution in [0.15, 0.2) is 42.1 Å². The van der Waals surface area contributed by atoms with Crippen LogP contribution >= 0.6 is 11.5 Å². The molecule has 1 aromatic heterocycles. The molecule has 0 aliphatic rings. The van der Waals surface area contributed by atoms with E-state index in [2.05, 4.69) is 27.0 Å². The standard InChI is InChI=1S/C22H22N4OS/c1-13-9-14(2)11-15(10-13)17(12-23)20(22(3,4)5)24-21(27)16-7-6-8-18-19(16)28-26-25-18/h6-11H,1-5H3,(H,24,27)/b20-17-. The van der Waals surface area contributed by atoms with Crippen molar-refractivity contribution in [3.8, 4) is 6.07 Å². The molecule has 0 aliphatic carbocycles. The van der Waals surface area contributed by atoms with E-state index in [4.69, 9.17) is 0 Å². The molecule has 0 saturated carbocycles. The number of carbonyl (C=O) groups excluding carboxylic acids is 1. The predicted molar refractivity (Wildman–Crippen MR) is 113 cm³/mol. The van der Waals surface area contributed by atoms with Gasteiger partial charge in [-0.3, -0.25) is 4.79 Å². The van der Waals surface area contributed by atoms with E-state index in [-0.39, 0.29) is 5.91 Å². The number of fused-ring (bicyclic) bond motifs is 1. The Hall–Kier alpha value is -3.04. The molecule has 1 heterocycles. The molecule has 0 atom stereocenters. The van der Waals surface area contributed by atoms with E-state index in [0.29, 0.717) is 22.4 Å². The lowest BCUT2D eigenvalue weighted by atomic mass is 9.86. The van der Waals surface area contributed by atoms with Gasteiger partial charge in [0.1, 0.15) is 11.6 Å². The first kappa shape index (κ1) is 19.7. The van der Waals surface area contributed by atoms with Crippen LogP contribution in [0.2, 0.25) is 0 Å². The van der Waals surface area contributed by atoms with Crippen LogP contribution in [0.4, 0.5) is 0 Å². The molecule has 0 bridgehead atoms. The number of nitrogens with one attached hydrogen (secondary N) is 1. The number of carbonyl (C=O) groups is 1. The fourth-order valence-electron chi connectivity index (χ4n) is 3.17. The van der Waals surface area contributed by atoms with Gasteiger partial charge in [-0.15, -0.1) is 5.10 Å². The molecule has 0 radical (unpaired) electrons. The van der Waals surface area contributed by atoms with Gasteiger partial charge in [0.2, 0.25) is 0 Å². The summed E-state index contributed by atoms with van der Waals surface area (Å²) in [5, 5.41) is 17.0. The van der Waals surface area contributed by atoms with E-state index >= 15 is 0 Å². The topological polar surface area (TPSA) is 78.7 Å². The second-order valence-corrected chi connectivity index (χ2v) is 8.62. The maximum Gasteiger partial charge on any atom is 0.257 e. The third kappa shape index (κ3) is 3.95. The van der Waals surface area contributed by atoms with E-state index in [1.54, 1.807) is 12.1 Å². The first-order valence-corrected chi connectivity index (χ1v) is 9.74.